The molecule has 6 nitrogen and oxygen atoms in total. The van der Waals surface area contributed by atoms with Crippen LogP contribution in [0.1, 0.15) is 12.5 Å². The van der Waals surface area contributed by atoms with Crippen molar-refractivity contribution in [3.05, 3.63) is 59.2 Å². The highest BCUT2D eigenvalue weighted by atomic mass is 35.5. The molecule has 0 saturated heterocycles. The molecule has 0 bridgehead atoms. The summed E-state index contributed by atoms with van der Waals surface area (Å²) in [6.45, 7) is 2.16. The smallest absolute Gasteiger partial charge is 0.252 e. The number of nitrogens with zero attached hydrogens (tertiary/aromatic N) is 4. The van der Waals surface area contributed by atoms with E-state index in [-0.39, 0.29) is 6.04 Å². The zero-order valence-corrected chi connectivity index (χ0v) is 15.2. The zero-order valence-electron chi connectivity index (χ0n) is 14.5. The SMILES string of the molecule is COc1ccc(Nc2cnnc(N3c4ccccc4CC3C)n2)cc1Cl. The molecule has 0 amide bonds. The molecule has 7 heteroatoms. The van der Waals surface area contributed by atoms with E-state index in [2.05, 4.69) is 50.5 Å². The topological polar surface area (TPSA) is 63.2 Å². The van der Waals surface area contributed by atoms with Gasteiger partial charge in [-0.1, -0.05) is 29.8 Å². The molecule has 3 aromatic rings. The molecular formula is C19H18ClN5O. The maximum atomic E-state index is 6.18. The van der Waals surface area contributed by atoms with Crippen molar-refractivity contribution in [2.24, 2.45) is 0 Å². The zero-order chi connectivity index (χ0) is 18.1. The van der Waals surface area contributed by atoms with Crippen molar-refractivity contribution in [1.82, 2.24) is 15.2 Å². The van der Waals surface area contributed by atoms with E-state index >= 15 is 0 Å². The van der Waals surface area contributed by atoms with Gasteiger partial charge in [0.25, 0.3) is 5.95 Å². The van der Waals surface area contributed by atoms with Gasteiger partial charge < -0.3 is 15.0 Å². The third kappa shape index (κ3) is 3.04. The van der Waals surface area contributed by atoms with E-state index in [1.165, 1.54) is 5.56 Å². The first-order valence-corrected chi connectivity index (χ1v) is 8.71. The molecule has 2 heterocycles. The molecule has 0 saturated carbocycles. The number of hydrogen-bond acceptors (Lipinski definition) is 6. The van der Waals surface area contributed by atoms with Gasteiger partial charge >= 0.3 is 0 Å². The highest BCUT2D eigenvalue weighted by Gasteiger charge is 2.29. The van der Waals surface area contributed by atoms with E-state index in [0.29, 0.717) is 22.5 Å². The molecule has 1 aliphatic rings. The highest BCUT2D eigenvalue weighted by Crippen LogP contribution is 2.36. The molecule has 0 aliphatic carbocycles. The summed E-state index contributed by atoms with van der Waals surface area (Å²) >= 11 is 6.18. The lowest BCUT2D eigenvalue weighted by molar-refractivity contribution is 0.415. The van der Waals surface area contributed by atoms with E-state index in [4.69, 9.17) is 16.3 Å². The number of benzene rings is 2. The Bertz CT molecular complexity index is 949. The molecule has 0 spiro atoms. The fraction of sp³-hybridized carbons (Fsp3) is 0.211. The summed E-state index contributed by atoms with van der Waals surface area (Å²) in [6.07, 6.45) is 2.56. The van der Waals surface area contributed by atoms with Crippen LogP contribution in [-0.4, -0.2) is 28.3 Å². The Hall–Kier alpha value is -2.86. The molecule has 2 aromatic carbocycles. The molecular weight excluding hydrogens is 350 g/mol. The van der Waals surface area contributed by atoms with Gasteiger partial charge in [0, 0.05) is 17.4 Å². The van der Waals surface area contributed by atoms with Gasteiger partial charge in [-0.25, -0.2) is 0 Å². The summed E-state index contributed by atoms with van der Waals surface area (Å²) in [6, 6.07) is 14.1. The maximum Gasteiger partial charge on any atom is 0.252 e. The summed E-state index contributed by atoms with van der Waals surface area (Å²) in [5.41, 5.74) is 3.23. The van der Waals surface area contributed by atoms with Gasteiger partial charge in [-0.05, 0) is 43.2 Å². The number of aromatic nitrogens is 3. The molecule has 1 unspecified atom stereocenters. The van der Waals surface area contributed by atoms with Crippen LogP contribution in [0.3, 0.4) is 0 Å². The number of para-hydroxylation sites is 1. The second kappa shape index (κ2) is 6.80. The molecule has 0 radical (unpaired) electrons. The van der Waals surface area contributed by atoms with Gasteiger partial charge in [-0.2, -0.15) is 10.1 Å². The van der Waals surface area contributed by atoms with E-state index in [1.54, 1.807) is 25.4 Å². The summed E-state index contributed by atoms with van der Waals surface area (Å²) < 4.78 is 5.18. The molecule has 26 heavy (non-hydrogen) atoms. The number of halogens is 1. The lowest BCUT2D eigenvalue weighted by atomic mass is 10.1. The van der Waals surface area contributed by atoms with Gasteiger partial charge in [-0.3, -0.25) is 0 Å². The van der Waals surface area contributed by atoms with Gasteiger partial charge in [0.2, 0.25) is 0 Å². The molecule has 1 N–H and O–H groups in total. The molecule has 132 valence electrons. The van der Waals surface area contributed by atoms with Crippen molar-refractivity contribution in [3.8, 4) is 5.75 Å². The molecule has 1 atom stereocenters. The van der Waals surface area contributed by atoms with Crippen LogP contribution in [0.4, 0.5) is 23.1 Å². The minimum atomic E-state index is 0.278. The maximum absolute atomic E-state index is 6.18. The van der Waals surface area contributed by atoms with Crippen molar-refractivity contribution < 1.29 is 4.74 Å². The second-order valence-electron chi connectivity index (χ2n) is 6.17. The van der Waals surface area contributed by atoms with Crippen molar-refractivity contribution >= 4 is 34.7 Å². The van der Waals surface area contributed by atoms with Crippen LogP contribution in [0, 0.1) is 0 Å². The quantitative estimate of drug-likeness (QED) is 0.739. The van der Waals surface area contributed by atoms with Gasteiger partial charge in [0.15, 0.2) is 5.82 Å². The average molecular weight is 368 g/mol. The number of methoxy groups -OCH3 is 1. The van der Waals surface area contributed by atoms with Crippen LogP contribution in [-0.2, 0) is 6.42 Å². The Morgan fingerprint density at radius 1 is 1.23 bits per heavy atom. The monoisotopic (exact) mass is 367 g/mol. The van der Waals surface area contributed by atoms with E-state index in [1.807, 2.05) is 12.1 Å². The normalized spacial score (nSPS) is 15.7. The highest BCUT2D eigenvalue weighted by molar-refractivity contribution is 6.32. The van der Waals surface area contributed by atoms with E-state index < -0.39 is 0 Å². The molecule has 0 fully saturated rings. The Morgan fingerprint density at radius 3 is 2.88 bits per heavy atom. The fourth-order valence-electron chi connectivity index (χ4n) is 3.22. The van der Waals surface area contributed by atoms with Gasteiger partial charge in [-0.15, -0.1) is 5.10 Å². The van der Waals surface area contributed by atoms with Crippen molar-refractivity contribution in [2.75, 3.05) is 17.3 Å². The van der Waals surface area contributed by atoms with Crippen LogP contribution < -0.4 is 15.0 Å². The second-order valence-corrected chi connectivity index (χ2v) is 6.57. The van der Waals surface area contributed by atoms with Crippen molar-refractivity contribution in [1.29, 1.82) is 0 Å². The minimum Gasteiger partial charge on any atom is -0.495 e. The van der Waals surface area contributed by atoms with Crippen LogP contribution in [0.2, 0.25) is 5.02 Å². The summed E-state index contributed by atoms with van der Waals surface area (Å²) in [4.78, 5) is 6.76. The standard InChI is InChI=1S/C19H18ClN5O/c1-12-9-13-5-3-4-6-16(13)25(12)19-23-18(11-21-24-19)22-14-7-8-17(26-2)15(20)10-14/h3-8,10-12H,9H2,1-2H3,(H,22,23,24). The van der Waals surface area contributed by atoms with Crippen molar-refractivity contribution in [2.45, 2.75) is 19.4 Å². The van der Waals surface area contributed by atoms with Crippen LogP contribution in [0.25, 0.3) is 0 Å². The van der Waals surface area contributed by atoms with E-state index in [9.17, 15) is 0 Å². The summed E-state index contributed by atoms with van der Waals surface area (Å²) in [5.74, 6) is 1.81. The Kier molecular flexibility index (Phi) is 4.34. The van der Waals surface area contributed by atoms with E-state index in [0.717, 1.165) is 17.8 Å². The van der Waals surface area contributed by atoms with Crippen LogP contribution in [0.15, 0.2) is 48.7 Å². The van der Waals surface area contributed by atoms with Gasteiger partial charge in [0.05, 0.1) is 18.3 Å². The first-order chi connectivity index (χ1) is 12.7. The largest absolute Gasteiger partial charge is 0.495 e. The first-order valence-electron chi connectivity index (χ1n) is 8.33. The van der Waals surface area contributed by atoms with Crippen LogP contribution >= 0.6 is 11.6 Å². The fourth-order valence-corrected chi connectivity index (χ4v) is 3.48. The Balaban J connectivity index is 1.62. The third-order valence-corrected chi connectivity index (χ3v) is 4.69. The number of anilines is 4. The Labute approximate surface area is 156 Å². The Morgan fingerprint density at radius 2 is 2.08 bits per heavy atom. The lowest BCUT2D eigenvalue weighted by Gasteiger charge is -2.22. The van der Waals surface area contributed by atoms with Crippen LogP contribution in [0.5, 0.6) is 5.75 Å². The number of hydrogen-bond donors (Lipinski definition) is 1. The molecule has 4 rings (SSSR count). The predicted molar refractivity (Wildman–Crippen MR) is 103 cm³/mol. The lowest BCUT2D eigenvalue weighted by Crippen LogP contribution is -2.26. The first kappa shape index (κ1) is 16.6. The third-order valence-electron chi connectivity index (χ3n) is 4.39. The predicted octanol–water partition coefficient (Wildman–Crippen LogP) is 4.36. The number of fused-ring (bicyclic) bond motifs is 1. The number of nitrogens with one attached hydrogen (secondary N) is 1. The number of ether oxygens (including phenoxy) is 1. The summed E-state index contributed by atoms with van der Waals surface area (Å²) in [5, 5.41) is 12.1. The van der Waals surface area contributed by atoms with Gasteiger partial charge in [0.1, 0.15) is 5.75 Å². The van der Waals surface area contributed by atoms with Crippen molar-refractivity contribution in [3.63, 3.8) is 0 Å². The molecule has 1 aromatic heterocycles. The summed E-state index contributed by atoms with van der Waals surface area (Å²) in [7, 11) is 1.59. The minimum absolute atomic E-state index is 0.278. The number of rotatable bonds is 4. The molecule has 1 aliphatic heterocycles. The average Bonchev–Trinajstić information content (AvgIpc) is 2.98.